The van der Waals surface area contributed by atoms with E-state index in [1.807, 2.05) is 65.7 Å². The number of amides is 2. The van der Waals surface area contributed by atoms with Crippen LogP contribution >= 0.6 is 0 Å². The number of piperidine rings is 1. The minimum absolute atomic E-state index is 0.0712. The monoisotopic (exact) mass is 373 g/mol. The van der Waals surface area contributed by atoms with Gasteiger partial charge in [0.25, 0.3) is 5.91 Å². The highest BCUT2D eigenvalue weighted by Crippen LogP contribution is 2.39. The molecule has 2 N–H and O–H groups in total. The molecule has 0 unspecified atom stereocenters. The Morgan fingerprint density at radius 2 is 1.82 bits per heavy atom. The van der Waals surface area contributed by atoms with Crippen LogP contribution in [0.25, 0.3) is 10.9 Å². The van der Waals surface area contributed by atoms with Gasteiger partial charge in [0.2, 0.25) is 5.91 Å². The van der Waals surface area contributed by atoms with E-state index < -0.39 is 0 Å². The van der Waals surface area contributed by atoms with Gasteiger partial charge in [0.05, 0.1) is 5.92 Å². The minimum atomic E-state index is -0.182. The topological polar surface area (TPSA) is 65.2 Å². The molecule has 2 aromatic carbocycles. The molecule has 0 radical (unpaired) electrons. The first-order chi connectivity index (χ1) is 13.6. The van der Waals surface area contributed by atoms with Crippen molar-refractivity contribution in [1.29, 1.82) is 0 Å². The lowest BCUT2D eigenvalue weighted by atomic mass is 9.82. The number of aromatic amines is 1. The first-order valence-electron chi connectivity index (χ1n) is 9.87. The maximum atomic E-state index is 12.9. The van der Waals surface area contributed by atoms with Crippen molar-refractivity contribution in [3.05, 3.63) is 71.9 Å². The number of likely N-dealkylation sites (tertiary alicyclic amines) is 1. The molecule has 2 fully saturated rings. The van der Waals surface area contributed by atoms with Crippen LogP contribution in [0, 0.1) is 0 Å². The molecule has 0 saturated carbocycles. The van der Waals surface area contributed by atoms with Gasteiger partial charge in [0, 0.05) is 41.3 Å². The van der Waals surface area contributed by atoms with Crippen LogP contribution in [0.15, 0.2) is 60.8 Å². The number of benzene rings is 2. The second-order valence-electron chi connectivity index (χ2n) is 8.01. The van der Waals surface area contributed by atoms with Gasteiger partial charge in [-0.1, -0.05) is 30.3 Å². The van der Waals surface area contributed by atoms with Gasteiger partial charge in [-0.25, -0.2) is 0 Å². The van der Waals surface area contributed by atoms with Crippen molar-refractivity contribution in [2.45, 2.75) is 30.7 Å². The summed E-state index contributed by atoms with van der Waals surface area (Å²) in [5, 5.41) is 4.31. The summed E-state index contributed by atoms with van der Waals surface area (Å²) < 4.78 is 0. The highest BCUT2D eigenvalue weighted by atomic mass is 16.2. The Labute approximate surface area is 163 Å². The van der Waals surface area contributed by atoms with Gasteiger partial charge < -0.3 is 15.2 Å². The number of rotatable bonds is 2. The third kappa shape index (κ3) is 2.87. The van der Waals surface area contributed by atoms with E-state index in [0.717, 1.165) is 41.3 Å². The maximum Gasteiger partial charge on any atom is 0.253 e. The lowest BCUT2D eigenvalue weighted by Crippen LogP contribution is -2.52. The summed E-state index contributed by atoms with van der Waals surface area (Å²) >= 11 is 0. The van der Waals surface area contributed by atoms with E-state index in [1.165, 1.54) is 0 Å². The predicted octanol–water partition coefficient (Wildman–Crippen LogP) is 3.45. The normalized spacial score (nSPS) is 21.2. The molecule has 2 aliphatic rings. The molecular weight excluding hydrogens is 350 g/mol. The summed E-state index contributed by atoms with van der Waals surface area (Å²) in [7, 11) is 0. The molecule has 28 heavy (non-hydrogen) atoms. The van der Waals surface area contributed by atoms with Crippen molar-refractivity contribution in [3.63, 3.8) is 0 Å². The second-order valence-corrected chi connectivity index (χ2v) is 8.01. The summed E-state index contributed by atoms with van der Waals surface area (Å²) in [5.41, 5.74) is 2.66. The number of nitrogens with one attached hydrogen (secondary N) is 2. The first-order valence-corrected chi connectivity index (χ1v) is 9.87. The van der Waals surface area contributed by atoms with Gasteiger partial charge in [0.15, 0.2) is 0 Å². The second kappa shape index (κ2) is 6.51. The van der Waals surface area contributed by atoms with Gasteiger partial charge >= 0.3 is 0 Å². The maximum absolute atomic E-state index is 12.9. The smallest absolute Gasteiger partial charge is 0.253 e. The summed E-state index contributed by atoms with van der Waals surface area (Å²) in [6, 6.07) is 17.8. The molecule has 2 saturated heterocycles. The van der Waals surface area contributed by atoms with Crippen LogP contribution in [0.1, 0.15) is 41.1 Å². The standard InChI is InChI=1S/C23H23N3O2/c27-21-19(16-4-2-1-3-5-16)15-23(25-21)9-12-26(13-10-23)22(28)18-6-7-20-17(14-18)8-11-24-20/h1-8,11,14,19,24H,9-10,12-13,15H2,(H,25,27)/t19-/m1/s1. The van der Waals surface area contributed by atoms with Crippen molar-refractivity contribution < 1.29 is 9.59 Å². The third-order valence-corrected chi connectivity index (χ3v) is 6.31. The highest BCUT2D eigenvalue weighted by Gasteiger charge is 2.46. The van der Waals surface area contributed by atoms with Crippen LogP contribution in [0.4, 0.5) is 0 Å². The largest absolute Gasteiger partial charge is 0.361 e. The number of fused-ring (bicyclic) bond motifs is 1. The molecule has 3 aromatic rings. The minimum Gasteiger partial charge on any atom is -0.361 e. The zero-order valence-corrected chi connectivity index (χ0v) is 15.7. The number of carbonyl (C=O) groups is 2. The summed E-state index contributed by atoms with van der Waals surface area (Å²) in [5.74, 6) is 0.102. The molecule has 0 bridgehead atoms. The molecule has 3 heterocycles. The number of carbonyl (C=O) groups excluding carboxylic acids is 2. The van der Waals surface area contributed by atoms with Crippen molar-refractivity contribution in [2.75, 3.05) is 13.1 Å². The van der Waals surface area contributed by atoms with Gasteiger partial charge in [-0.05, 0) is 49.1 Å². The van der Waals surface area contributed by atoms with Gasteiger partial charge in [-0.3, -0.25) is 9.59 Å². The van der Waals surface area contributed by atoms with Crippen LogP contribution in [0.2, 0.25) is 0 Å². The van der Waals surface area contributed by atoms with E-state index in [9.17, 15) is 9.59 Å². The number of H-pyrrole nitrogens is 1. The number of aromatic nitrogens is 1. The Morgan fingerprint density at radius 3 is 2.61 bits per heavy atom. The lowest BCUT2D eigenvalue weighted by Gasteiger charge is -2.39. The number of hydrogen-bond donors (Lipinski definition) is 2. The Balaban J connectivity index is 1.28. The Bertz CT molecular complexity index is 1030. The molecule has 142 valence electrons. The lowest BCUT2D eigenvalue weighted by molar-refractivity contribution is -0.121. The Morgan fingerprint density at radius 1 is 1.04 bits per heavy atom. The average molecular weight is 373 g/mol. The Kier molecular flexibility index (Phi) is 3.97. The van der Waals surface area contributed by atoms with Crippen molar-refractivity contribution in [3.8, 4) is 0 Å². The van der Waals surface area contributed by atoms with Gasteiger partial charge in [0.1, 0.15) is 0 Å². The van der Waals surface area contributed by atoms with E-state index in [2.05, 4.69) is 10.3 Å². The zero-order chi connectivity index (χ0) is 19.1. The molecule has 5 nitrogen and oxygen atoms in total. The number of nitrogens with zero attached hydrogens (tertiary/aromatic N) is 1. The van der Waals surface area contributed by atoms with Gasteiger partial charge in [-0.15, -0.1) is 0 Å². The molecule has 2 amide bonds. The molecule has 5 heteroatoms. The quantitative estimate of drug-likeness (QED) is 0.723. The predicted molar refractivity (Wildman–Crippen MR) is 108 cm³/mol. The summed E-state index contributed by atoms with van der Waals surface area (Å²) in [6.07, 6.45) is 4.31. The molecule has 2 aliphatic heterocycles. The van der Waals surface area contributed by atoms with E-state index in [-0.39, 0.29) is 23.3 Å². The van der Waals surface area contributed by atoms with Crippen LogP contribution in [0.3, 0.4) is 0 Å². The molecule has 1 atom stereocenters. The molecular formula is C23H23N3O2. The molecule has 0 aliphatic carbocycles. The van der Waals surface area contributed by atoms with Crippen molar-refractivity contribution >= 4 is 22.7 Å². The van der Waals surface area contributed by atoms with Crippen LogP contribution in [-0.2, 0) is 4.79 Å². The SMILES string of the molecule is O=C1NC2(CCN(C(=O)c3ccc4[nH]ccc4c3)CC2)C[C@@H]1c1ccccc1. The van der Waals surface area contributed by atoms with Crippen LogP contribution in [0.5, 0.6) is 0 Å². The first kappa shape index (κ1) is 17.0. The zero-order valence-electron chi connectivity index (χ0n) is 15.7. The van der Waals surface area contributed by atoms with E-state index in [4.69, 9.17) is 0 Å². The van der Waals surface area contributed by atoms with Crippen molar-refractivity contribution in [1.82, 2.24) is 15.2 Å². The summed E-state index contributed by atoms with van der Waals surface area (Å²) in [4.78, 5) is 30.6. The fourth-order valence-electron chi connectivity index (χ4n) is 4.67. The van der Waals surface area contributed by atoms with E-state index in [1.54, 1.807) is 0 Å². The van der Waals surface area contributed by atoms with E-state index in [0.29, 0.717) is 13.1 Å². The fourth-order valence-corrected chi connectivity index (χ4v) is 4.67. The van der Waals surface area contributed by atoms with Gasteiger partial charge in [-0.2, -0.15) is 0 Å². The van der Waals surface area contributed by atoms with E-state index >= 15 is 0 Å². The number of hydrogen-bond acceptors (Lipinski definition) is 2. The molecule has 5 rings (SSSR count). The fraction of sp³-hybridized carbons (Fsp3) is 0.304. The molecule has 1 aromatic heterocycles. The Hall–Kier alpha value is -3.08. The molecule has 1 spiro atoms. The average Bonchev–Trinajstić information content (AvgIpc) is 3.32. The summed E-state index contributed by atoms with van der Waals surface area (Å²) in [6.45, 7) is 1.34. The van der Waals surface area contributed by atoms with Crippen molar-refractivity contribution in [2.24, 2.45) is 0 Å². The third-order valence-electron chi connectivity index (χ3n) is 6.31. The van der Waals surface area contributed by atoms with Crippen LogP contribution < -0.4 is 5.32 Å². The van der Waals surface area contributed by atoms with Crippen LogP contribution in [-0.4, -0.2) is 40.3 Å². The highest BCUT2D eigenvalue weighted by molar-refractivity contribution is 5.98.